The summed E-state index contributed by atoms with van der Waals surface area (Å²) in [5.41, 5.74) is 0.168. The molecule has 0 saturated heterocycles. The summed E-state index contributed by atoms with van der Waals surface area (Å²) < 4.78 is 6.63. The Kier molecular flexibility index (Phi) is 4.73. The van der Waals surface area contributed by atoms with Crippen molar-refractivity contribution in [3.63, 3.8) is 0 Å². The molecule has 0 spiro atoms. The number of hydrogen-bond donors (Lipinski definition) is 0. The molecule has 2 rings (SSSR count). The van der Waals surface area contributed by atoms with Crippen LogP contribution in [0.3, 0.4) is 0 Å². The average molecular weight is 299 g/mol. The van der Waals surface area contributed by atoms with Crippen LogP contribution >= 0.6 is 0 Å². The topological polar surface area (TPSA) is 64.4 Å². The highest BCUT2D eigenvalue weighted by molar-refractivity contribution is 6.02. The SMILES string of the molecule is COc1cccc(-n2ccc(=O)c(C(=O)C=CN(C)C)n2)c1. The predicted octanol–water partition coefficient (Wildman–Crippen LogP) is 1.50. The van der Waals surface area contributed by atoms with E-state index < -0.39 is 11.2 Å². The number of ether oxygens (including phenoxy) is 1. The number of carbonyl (C=O) groups excluding carboxylic acids is 1. The smallest absolute Gasteiger partial charge is 0.211 e. The van der Waals surface area contributed by atoms with Crippen molar-refractivity contribution < 1.29 is 9.53 Å². The van der Waals surface area contributed by atoms with E-state index in [9.17, 15) is 9.59 Å². The maximum atomic E-state index is 12.1. The minimum Gasteiger partial charge on any atom is -0.497 e. The number of methoxy groups -OCH3 is 1. The lowest BCUT2D eigenvalue weighted by Crippen LogP contribution is -2.20. The quantitative estimate of drug-likeness (QED) is 0.618. The van der Waals surface area contributed by atoms with Gasteiger partial charge in [-0.1, -0.05) is 6.07 Å². The average Bonchev–Trinajstić information content (AvgIpc) is 2.53. The fraction of sp³-hybridized carbons (Fsp3) is 0.188. The lowest BCUT2D eigenvalue weighted by atomic mass is 10.2. The summed E-state index contributed by atoms with van der Waals surface area (Å²) in [5, 5.41) is 4.13. The van der Waals surface area contributed by atoms with Crippen LogP contribution in [0.5, 0.6) is 5.75 Å². The van der Waals surface area contributed by atoms with Crippen molar-refractivity contribution >= 4 is 5.78 Å². The summed E-state index contributed by atoms with van der Waals surface area (Å²) in [5.74, 6) is 0.231. The zero-order valence-electron chi connectivity index (χ0n) is 12.7. The first kappa shape index (κ1) is 15.5. The Balaban J connectivity index is 2.42. The second-order valence-corrected chi connectivity index (χ2v) is 4.82. The number of hydrogen-bond acceptors (Lipinski definition) is 5. The molecule has 0 aliphatic rings. The van der Waals surface area contributed by atoms with Gasteiger partial charge in [-0.25, -0.2) is 4.68 Å². The first-order chi connectivity index (χ1) is 10.5. The van der Waals surface area contributed by atoms with Gasteiger partial charge in [0, 0.05) is 44.7 Å². The molecule has 0 N–H and O–H groups in total. The van der Waals surface area contributed by atoms with Gasteiger partial charge in [0.15, 0.2) is 5.69 Å². The second-order valence-electron chi connectivity index (χ2n) is 4.82. The number of rotatable bonds is 5. The molecule has 0 amide bonds. The summed E-state index contributed by atoms with van der Waals surface area (Å²) in [7, 11) is 5.15. The van der Waals surface area contributed by atoms with Gasteiger partial charge < -0.3 is 9.64 Å². The lowest BCUT2D eigenvalue weighted by molar-refractivity contribution is 0.103. The molecular formula is C16H17N3O3. The van der Waals surface area contributed by atoms with E-state index in [1.165, 1.54) is 23.0 Å². The standard InChI is InChI=1S/C16H17N3O3/c1-18(2)9-7-14(20)16-15(21)8-10-19(17-16)12-5-4-6-13(11-12)22-3/h4-11H,1-3H3. The minimum absolute atomic E-state index is 0.122. The third-order valence-corrected chi connectivity index (χ3v) is 2.88. The second kappa shape index (κ2) is 6.71. The van der Waals surface area contributed by atoms with Crippen LogP contribution in [0.4, 0.5) is 0 Å². The zero-order chi connectivity index (χ0) is 16.1. The molecule has 6 nitrogen and oxygen atoms in total. The fourth-order valence-electron chi connectivity index (χ4n) is 1.77. The summed E-state index contributed by atoms with van der Waals surface area (Å²) in [4.78, 5) is 25.6. The van der Waals surface area contributed by atoms with Gasteiger partial charge in [-0.15, -0.1) is 0 Å². The van der Waals surface area contributed by atoms with Gasteiger partial charge >= 0.3 is 0 Å². The summed E-state index contributed by atoms with van der Waals surface area (Å²) in [6, 6.07) is 8.51. The van der Waals surface area contributed by atoms with Crippen molar-refractivity contribution in [3.05, 3.63) is 64.7 Å². The Morgan fingerprint density at radius 2 is 2.09 bits per heavy atom. The highest BCUT2D eigenvalue weighted by Crippen LogP contribution is 2.15. The largest absolute Gasteiger partial charge is 0.497 e. The van der Waals surface area contributed by atoms with Gasteiger partial charge in [0.25, 0.3) is 0 Å². The van der Waals surface area contributed by atoms with Crippen LogP contribution in [-0.4, -0.2) is 41.7 Å². The minimum atomic E-state index is -0.434. The monoisotopic (exact) mass is 299 g/mol. The molecule has 1 aromatic carbocycles. The van der Waals surface area contributed by atoms with E-state index in [-0.39, 0.29) is 5.69 Å². The fourth-order valence-corrected chi connectivity index (χ4v) is 1.77. The van der Waals surface area contributed by atoms with Crippen LogP contribution in [-0.2, 0) is 0 Å². The van der Waals surface area contributed by atoms with Crippen molar-refractivity contribution in [2.24, 2.45) is 0 Å². The van der Waals surface area contributed by atoms with E-state index in [0.717, 1.165) is 0 Å². The maximum Gasteiger partial charge on any atom is 0.211 e. The Bertz CT molecular complexity index is 763. The summed E-state index contributed by atoms with van der Waals surface area (Å²) >= 11 is 0. The van der Waals surface area contributed by atoms with Crippen molar-refractivity contribution in [2.45, 2.75) is 0 Å². The number of carbonyl (C=O) groups is 1. The van der Waals surface area contributed by atoms with Gasteiger partial charge in [-0.3, -0.25) is 9.59 Å². The molecule has 2 aromatic rings. The van der Waals surface area contributed by atoms with E-state index in [1.54, 1.807) is 50.5 Å². The predicted molar refractivity (Wildman–Crippen MR) is 83.5 cm³/mol. The first-order valence-electron chi connectivity index (χ1n) is 6.64. The number of aromatic nitrogens is 2. The van der Waals surface area contributed by atoms with E-state index in [1.807, 2.05) is 6.07 Å². The number of allylic oxidation sites excluding steroid dienone is 1. The van der Waals surface area contributed by atoms with Gasteiger partial charge in [-0.2, -0.15) is 5.10 Å². The molecule has 0 radical (unpaired) electrons. The molecule has 114 valence electrons. The van der Waals surface area contributed by atoms with Crippen LogP contribution < -0.4 is 10.2 Å². The number of ketones is 1. The molecule has 0 aliphatic carbocycles. The Hall–Kier alpha value is -2.89. The van der Waals surface area contributed by atoms with Crippen LogP contribution in [0, 0.1) is 0 Å². The molecule has 0 unspecified atom stereocenters. The van der Waals surface area contributed by atoms with Gasteiger partial charge in [0.1, 0.15) is 5.75 Å². The van der Waals surface area contributed by atoms with Crippen LogP contribution in [0.1, 0.15) is 10.5 Å². The van der Waals surface area contributed by atoms with Crippen LogP contribution in [0.25, 0.3) is 5.69 Å². The summed E-state index contributed by atoms with van der Waals surface area (Å²) in [6.07, 6.45) is 4.41. The molecular weight excluding hydrogens is 282 g/mol. The van der Waals surface area contributed by atoms with E-state index >= 15 is 0 Å². The Labute approximate surface area is 128 Å². The van der Waals surface area contributed by atoms with E-state index in [2.05, 4.69) is 5.10 Å². The highest BCUT2D eigenvalue weighted by atomic mass is 16.5. The maximum absolute atomic E-state index is 12.1. The van der Waals surface area contributed by atoms with Gasteiger partial charge in [-0.05, 0) is 12.1 Å². The lowest BCUT2D eigenvalue weighted by Gasteiger charge is -2.08. The number of nitrogens with zero attached hydrogens (tertiary/aromatic N) is 3. The molecule has 0 fully saturated rings. The molecule has 0 saturated carbocycles. The molecule has 0 atom stereocenters. The molecule has 22 heavy (non-hydrogen) atoms. The zero-order valence-corrected chi connectivity index (χ0v) is 12.7. The van der Waals surface area contributed by atoms with Crippen molar-refractivity contribution in [2.75, 3.05) is 21.2 Å². The third kappa shape index (κ3) is 3.60. The van der Waals surface area contributed by atoms with E-state index in [4.69, 9.17) is 4.74 Å². The Morgan fingerprint density at radius 1 is 1.32 bits per heavy atom. The van der Waals surface area contributed by atoms with Crippen molar-refractivity contribution in [3.8, 4) is 11.4 Å². The molecule has 0 bridgehead atoms. The molecule has 0 aliphatic heterocycles. The third-order valence-electron chi connectivity index (χ3n) is 2.88. The van der Waals surface area contributed by atoms with Crippen molar-refractivity contribution in [1.29, 1.82) is 0 Å². The Morgan fingerprint density at radius 3 is 2.77 bits per heavy atom. The number of benzene rings is 1. The van der Waals surface area contributed by atoms with E-state index in [0.29, 0.717) is 11.4 Å². The molecule has 1 aromatic heterocycles. The van der Waals surface area contributed by atoms with Crippen LogP contribution in [0.15, 0.2) is 53.6 Å². The first-order valence-corrected chi connectivity index (χ1v) is 6.64. The molecule has 1 heterocycles. The van der Waals surface area contributed by atoms with Gasteiger partial charge in [0.2, 0.25) is 11.2 Å². The van der Waals surface area contributed by atoms with Crippen molar-refractivity contribution in [1.82, 2.24) is 14.7 Å². The highest BCUT2D eigenvalue weighted by Gasteiger charge is 2.11. The summed E-state index contributed by atoms with van der Waals surface area (Å²) in [6.45, 7) is 0. The molecule has 6 heteroatoms. The normalized spacial score (nSPS) is 10.7. The van der Waals surface area contributed by atoms with Crippen LogP contribution in [0.2, 0.25) is 0 Å². The van der Waals surface area contributed by atoms with Gasteiger partial charge in [0.05, 0.1) is 12.8 Å².